The molecule has 5 heteroatoms. The molecule has 2 aromatic rings. The van der Waals surface area contributed by atoms with Gasteiger partial charge in [0.15, 0.2) is 0 Å². The molecule has 0 aliphatic heterocycles. The highest BCUT2D eigenvalue weighted by Crippen LogP contribution is 2.27. The summed E-state index contributed by atoms with van der Waals surface area (Å²) in [6.07, 6.45) is 3.12. The van der Waals surface area contributed by atoms with Gasteiger partial charge in [0.2, 0.25) is 0 Å². The molecule has 4 nitrogen and oxygen atoms in total. The van der Waals surface area contributed by atoms with Crippen LogP contribution in [0, 0.1) is 0 Å². The van der Waals surface area contributed by atoms with E-state index in [0.29, 0.717) is 5.75 Å². The van der Waals surface area contributed by atoms with Crippen LogP contribution in [0.15, 0.2) is 66.9 Å². The molecule has 0 heterocycles. The number of rotatable bonds is 7. The largest absolute Gasteiger partial charge is 0.426 e. The van der Waals surface area contributed by atoms with Crippen LogP contribution in [0.2, 0.25) is 0 Å². The van der Waals surface area contributed by atoms with E-state index in [1.165, 1.54) is 6.26 Å². The molecule has 0 fully saturated rings. The summed E-state index contributed by atoms with van der Waals surface area (Å²) in [4.78, 5) is 0. The Kier molecular flexibility index (Phi) is 10.3. The molecule has 0 N–H and O–H groups in total. The topological polar surface area (TPSA) is 44.8 Å². The minimum atomic E-state index is -2.55. The lowest BCUT2D eigenvalue weighted by molar-refractivity contribution is 0.162. The van der Waals surface area contributed by atoms with Crippen molar-refractivity contribution in [3.63, 3.8) is 0 Å². The fourth-order valence-corrected chi connectivity index (χ4v) is 2.10. The van der Waals surface area contributed by atoms with Gasteiger partial charge in [-0.25, -0.2) is 4.57 Å². The average Bonchev–Trinajstić information content (AvgIpc) is 2.58. The monoisotopic (exact) mass is 334 g/mol. The van der Waals surface area contributed by atoms with Crippen LogP contribution in [0.3, 0.4) is 0 Å². The molecule has 124 valence electrons. The molecule has 0 radical (unpaired) electrons. The number of benzene rings is 2. The van der Waals surface area contributed by atoms with Crippen LogP contribution >= 0.6 is 8.25 Å². The van der Waals surface area contributed by atoms with E-state index in [2.05, 4.69) is 0 Å². The van der Waals surface area contributed by atoms with Crippen LogP contribution < -0.4 is 4.52 Å². The number of hydrogen-bond donors (Lipinski definition) is 0. The van der Waals surface area contributed by atoms with E-state index in [-0.39, 0.29) is 0 Å². The zero-order valence-corrected chi connectivity index (χ0v) is 14.5. The van der Waals surface area contributed by atoms with Crippen molar-refractivity contribution in [3.05, 3.63) is 72.5 Å². The molecule has 0 aliphatic rings. The Balaban J connectivity index is 0.000000463. The van der Waals surface area contributed by atoms with Crippen molar-refractivity contribution >= 4 is 14.3 Å². The fourth-order valence-electron chi connectivity index (χ4n) is 1.55. The predicted molar refractivity (Wildman–Crippen MR) is 94.8 cm³/mol. The maximum absolute atomic E-state index is 11.5. The Hall–Kier alpha value is -2.03. The molecule has 0 spiro atoms. The summed E-state index contributed by atoms with van der Waals surface area (Å²) < 4.78 is 26.4. The summed E-state index contributed by atoms with van der Waals surface area (Å²) in [5.41, 5.74) is 0.979. The second kappa shape index (κ2) is 12.5. The van der Waals surface area contributed by atoms with Gasteiger partial charge in [-0.15, -0.1) is 0 Å². The van der Waals surface area contributed by atoms with E-state index in [0.717, 1.165) is 18.8 Å². The van der Waals surface area contributed by atoms with Crippen molar-refractivity contribution < 1.29 is 18.3 Å². The van der Waals surface area contributed by atoms with Gasteiger partial charge in [-0.1, -0.05) is 48.5 Å². The third kappa shape index (κ3) is 9.56. The molecular formula is C18H23O4P. The molecule has 0 bridgehead atoms. The lowest BCUT2D eigenvalue weighted by atomic mass is 10.2. The van der Waals surface area contributed by atoms with E-state index in [4.69, 9.17) is 13.8 Å². The first kappa shape index (κ1) is 19.0. The van der Waals surface area contributed by atoms with Crippen LogP contribution in [0.25, 0.3) is 6.08 Å². The van der Waals surface area contributed by atoms with Gasteiger partial charge in [0.05, 0.1) is 6.26 Å². The van der Waals surface area contributed by atoms with Crippen LogP contribution in [0.5, 0.6) is 5.75 Å². The van der Waals surface area contributed by atoms with Crippen molar-refractivity contribution in [2.75, 3.05) is 13.2 Å². The normalized spacial score (nSPS) is 11.4. The zero-order valence-electron chi connectivity index (χ0n) is 13.5. The first-order chi connectivity index (χ1) is 11.3. The smallest absolute Gasteiger partial charge is 0.418 e. The van der Waals surface area contributed by atoms with Crippen LogP contribution in [0.1, 0.15) is 19.4 Å². The van der Waals surface area contributed by atoms with Gasteiger partial charge < -0.3 is 13.8 Å². The minimum Gasteiger partial charge on any atom is -0.426 e. The van der Waals surface area contributed by atoms with Crippen molar-refractivity contribution in [3.8, 4) is 5.75 Å². The highest BCUT2D eigenvalue weighted by Gasteiger charge is 1.98. The molecule has 0 aromatic heterocycles. The Morgan fingerprint density at radius 1 is 0.913 bits per heavy atom. The SMILES string of the molecule is CCOCC.O=[PH](O/C=C/c1ccccc1)Oc1ccccc1. The standard InChI is InChI=1S/C14H13O3P.C4H10O/c15-18(17-14-9-5-2-6-10-14)16-12-11-13-7-3-1-4-8-13;1-3-5-4-2/h1-12,18H;3-4H2,1-2H3/b12-11+;. The van der Waals surface area contributed by atoms with Crippen LogP contribution in [-0.4, -0.2) is 13.2 Å². The van der Waals surface area contributed by atoms with Crippen LogP contribution in [-0.2, 0) is 13.8 Å². The Morgan fingerprint density at radius 3 is 2.00 bits per heavy atom. The lowest BCUT2D eigenvalue weighted by Gasteiger charge is -2.04. The maximum Gasteiger partial charge on any atom is 0.418 e. The van der Waals surface area contributed by atoms with Crippen molar-refractivity contribution in [2.45, 2.75) is 13.8 Å². The Morgan fingerprint density at radius 2 is 1.48 bits per heavy atom. The van der Waals surface area contributed by atoms with Gasteiger partial charge in [0, 0.05) is 13.2 Å². The van der Waals surface area contributed by atoms with E-state index in [1.807, 2.05) is 62.4 Å². The van der Waals surface area contributed by atoms with E-state index >= 15 is 0 Å². The predicted octanol–water partition coefficient (Wildman–Crippen LogP) is 5.19. The molecule has 0 amide bonds. The van der Waals surface area contributed by atoms with Gasteiger partial charge >= 0.3 is 8.25 Å². The van der Waals surface area contributed by atoms with Crippen molar-refractivity contribution in [2.24, 2.45) is 0 Å². The third-order valence-electron chi connectivity index (χ3n) is 2.58. The second-order valence-electron chi connectivity index (χ2n) is 4.28. The van der Waals surface area contributed by atoms with Gasteiger partial charge in [0.25, 0.3) is 0 Å². The van der Waals surface area contributed by atoms with Crippen molar-refractivity contribution in [1.82, 2.24) is 0 Å². The summed E-state index contributed by atoms with van der Waals surface area (Å²) >= 11 is 0. The molecule has 23 heavy (non-hydrogen) atoms. The third-order valence-corrected chi connectivity index (χ3v) is 3.31. The first-order valence-electron chi connectivity index (χ1n) is 7.49. The van der Waals surface area contributed by atoms with E-state index in [1.54, 1.807) is 18.2 Å². The summed E-state index contributed by atoms with van der Waals surface area (Å²) in [6, 6.07) is 18.6. The molecule has 0 aliphatic carbocycles. The molecule has 2 aromatic carbocycles. The molecule has 1 atom stereocenters. The highest BCUT2D eigenvalue weighted by atomic mass is 31.1. The molecule has 1 unspecified atom stereocenters. The number of para-hydroxylation sites is 1. The molecule has 0 saturated carbocycles. The highest BCUT2D eigenvalue weighted by molar-refractivity contribution is 7.33. The minimum absolute atomic E-state index is 0.537. The quantitative estimate of drug-likeness (QED) is 0.516. The van der Waals surface area contributed by atoms with Gasteiger partial charge in [0.1, 0.15) is 5.75 Å². The molecule has 2 rings (SSSR count). The van der Waals surface area contributed by atoms with E-state index in [9.17, 15) is 4.57 Å². The fraction of sp³-hybridized carbons (Fsp3) is 0.222. The van der Waals surface area contributed by atoms with E-state index < -0.39 is 8.25 Å². The van der Waals surface area contributed by atoms with Gasteiger partial charge in [-0.2, -0.15) is 0 Å². The maximum atomic E-state index is 11.5. The molecular weight excluding hydrogens is 311 g/mol. The second-order valence-corrected chi connectivity index (χ2v) is 5.22. The average molecular weight is 334 g/mol. The first-order valence-corrected chi connectivity index (χ1v) is 8.71. The lowest BCUT2D eigenvalue weighted by Crippen LogP contribution is -1.84. The zero-order chi connectivity index (χ0) is 16.8. The Bertz CT molecular complexity index is 568. The molecule has 0 saturated heterocycles. The summed E-state index contributed by atoms with van der Waals surface area (Å²) in [6.45, 7) is 5.67. The summed E-state index contributed by atoms with van der Waals surface area (Å²) in [5, 5.41) is 0. The number of hydrogen-bond acceptors (Lipinski definition) is 4. The van der Waals surface area contributed by atoms with Crippen molar-refractivity contribution in [1.29, 1.82) is 0 Å². The van der Waals surface area contributed by atoms with Gasteiger partial charge in [-0.3, -0.25) is 0 Å². The Labute approximate surface area is 138 Å². The van der Waals surface area contributed by atoms with Gasteiger partial charge in [-0.05, 0) is 37.6 Å². The summed E-state index contributed by atoms with van der Waals surface area (Å²) in [7, 11) is -2.55. The van der Waals surface area contributed by atoms with Crippen LogP contribution in [0.4, 0.5) is 0 Å². The number of ether oxygens (including phenoxy) is 1. The summed E-state index contributed by atoms with van der Waals surface area (Å²) in [5.74, 6) is 0.537.